The van der Waals surface area contributed by atoms with Crippen LogP contribution in [0.2, 0.25) is 0 Å². The molecule has 0 saturated carbocycles. The fourth-order valence-corrected chi connectivity index (χ4v) is 5.87. The molecular weight excluding hydrogens is 476 g/mol. The van der Waals surface area contributed by atoms with Crippen LogP contribution >= 0.6 is 0 Å². The van der Waals surface area contributed by atoms with E-state index in [-0.39, 0.29) is 0 Å². The number of nitrogens with zero attached hydrogens (tertiary/aromatic N) is 6. The maximum absolute atomic E-state index is 9.48. The summed E-state index contributed by atoms with van der Waals surface area (Å²) < 4.78 is 5.70. The van der Waals surface area contributed by atoms with Crippen molar-refractivity contribution in [1.82, 2.24) is 19.9 Å². The summed E-state index contributed by atoms with van der Waals surface area (Å²) >= 11 is 0. The molecular formula is C29H34N8O. The quantitative estimate of drug-likeness (QED) is 0.524. The van der Waals surface area contributed by atoms with Gasteiger partial charge in [0.05, 0.1) is 36.6 Å². The van der Waals surface area contributed by atoms with E-state index in [4.69, 9.17) is 9.72 Å². The van der Waals surface area contributed by atoms with Crippen molar-refractivity contribution in [2.75, 3.05) is 55.4 Å². The number of pyridine rings is 1. The number of anilines is 4. The fourth-order valence-electron chi connectivity index (χ4n) is 5.87. The van der Waals surface area contributed by atoms with E-state index in [2.05, 4.69) is 68.6 Å². The zero-order valence-corrected chi connectivity index (χ0v) is 22.1. The Balaban J connectivity index is 1.21. The van der Waals surface area contributed by atoms with E-state index in [1.165, 1.54) is 11.1 Å². The van der Waals surface area contributed by atoms with Crippen molar-refractivity contribution in [3.05, 3.63) is 58.5 Å². The number of nitrogens with one attached hydrogen (secondary N) is 2. The van der Waals surface area contributed by atoms with Gasteiger partial charge in [0.1, 0.15) is 12.3 Å². The van der Waals surface area contributed by atoms with Gasteiger partial charge in [-0.2, -0.15) is 5.26 Å². The van der Waals surface area contributed by atoms with Crippen LogP contribution in [0.15, 0.2) is 30.6 Å². The van der Waals surface area contributed by atoms with E-state index in [9.17, 15) is 5.26 Å². The third kappa shape index (κ3) is 4.84. The summed E-state index contributed by atoms with van der Waals surface area (Å²) in [6.07, 6.45) is 7.41. The van der Waals surface area contributed by atoms with Gasteiger partial charge in [0.15, 0.2) is 0 Å². The Morgan fingerprint density at radius 2 is 2.05 bits per heavy atom. The average molecular weight is 511 g/mol. The van der Waals surface area contributed by atoms with Crippen LogP contribution in [-0.2, 0) is 19.4 Å². The minimum Gasteiger partial charge on any atom is -0.474 e. The molecule has 0 aliphatic carbocycles. The van der Waals surface area contributed by atoms with Gasteiger partial charge in [-0.3, -0.25) is 0 Å². The number of ether oxygens (including phenoxy) is 1. The second-order valence-electron chi connectivity index (χ2n) is 10.5. The Labute approximate surface area is 223 Å². The molecule has 3 aliphatic heterocycles. The summed E-state index contributed by atoms with van der Waals surface area (Å²) in [7, 11) is 2.17. The molecule has 9 nitrogen and oxygen atoms in total. The molecule has 1 aromatic carbocycles. The summed E-state index contributed by atoms with van der Waals surface area (Å²) in [6.45, 7) is 7.34. The summed E-state index contributed by atoms with van der Waals surface area (Å²) in [5, 5.41) is 16.3. The molecule has 0 unspecified atom stereocenters. The van der Waals surface area contributed by atoms with E-state index in [1.807, 2.05) is 12.4 Å². The highest BCUT2D eigenvalue weighted by Gasteiger charge is 2.24. The molecule has 0 spiro atoms. The van der Waals surface area contributed by atoms with Gasteiger partial charge in [-0.05, 0) is 81.1 Å². The van der Waals surface area contributed by atoms with E-state index in [0.29, 0.717) is 37.3 Å². The van der Waals surface area contributed by atoms with E-state index >= 15 is 0 Å². The average Bonchev–Trinajstić information content (AvgIpc) is 2.94. The first-order chi connectivity index (χ1) is 18.6. The molecule has 196 valence electrons. The Morgan fingerprint density at radius 3 is 2.89 bits per heavy atom. The number of piperidine rings is 1. The smallest absolute Gasteiger partial charge is 0.237 e. The Bertz CT molecular complexity index is 1380. The van der Waals surface area contributed by atoms with Crippen LogP contribution in [0.4, 0.5) is 23.0 Å². The van der Waals surface area contributed by atoms with Gasteiger partial charge < -0.3 is 25.2 Å². The molecule has 0 amide bonds. The van der Waals surface area contributed by atoms with Crippen LogP contribution in [0.3, 0.4) is 0 Å². The number of benzene rings is 1. The van der Waals surface area contributed by atoms with E-state index in [1.54, 1.807) is 0 Å². The van der Waals surface area contributed by atoms with Crippen molar-refractivity contribution < 1.29 is 4.74 Å². The summed E-state index contributed by atoms with van der Waals surface area (Å²) in [5.74, 6) is 1.77. The molecule has 3 aromatic rings. The highest BCUT2D eigenvalue weighted by atomic mass is 16.5. The van der Waals surface area contributed by atoms with Crippen LogP contribution in [0.1, 0.15) is 46.7 Å². The largest absolute Gasteiger partial charge is 0.474 e. The summed E-state index contributed by atoms with van der Waals surface area (Å²) in [4.78, 5) is 18.8. The normalized spacial score (nSPS) is 17.6. The van der Waals surface area contributed by atoms with E-state index in [0.717, 1.165) is 79.3 Å². The molecule has 2 aromatic heterocycles. The van der Waals surface area contributed by atoms with Crippen LogP contribution < -0.4 is 20.3 Å². The predicted molar refractivity (Wildman–Crippen MR) is 148 cm³/mol. The zero-order valence-electron chi connectivity index (χ0n) is 22.1. The molecule has 1 saturated heterocycles. The minimum absolute atomic E-state index is 0.408. The molecule has 38 heavy (non-hydrogen) atoms. The van der Waals surface area contributed by atoms with Gasteiger partial charge in [-0.1, -0.05) is 6.07 Å². The molecule has 3 aliphatic rings. The number of aromatic nitrogens is 3. The van der Waals surface area contributed by atoms with Crippen molar-refractivity contribution in [1.29, 1.82) is 5.26 Å². The molecule has 1 fully saturated rings. The number of rotatable bonds is 5. The lowest BCUT2D eigenvalue weighted by molar-refractivity contribution is 0.255. The minimum atomic E-state index is 0.408. The number of likely N-dealkylation sites (tertiary alicyclic amines) is 1. The predicted octanol–water partition coefficient (Wildman–Crippen LogP) is 4.17. The SMILES string of the molecule is Cc1c(N2CCc3cnc(Nc4ccc(C5CCN(C)CC5)c(CC#N)c4)nc3C2)cnc2c1NCCO2. The topological polar surface area (TPSA) is 102 Å². The number of hydrogen-bond donors (Lipinski definition) is 2. The Morgan fingerprint density at radius 1 is 1.18 bits per heavy atom. The van der Waals surface area contributed by atoms with Crippen molar-refractivity contribution in [2.24, 2.45) is 0 Å². The third-order valence-electron chi connectivity index (χ3n) is 8.03. The van der Waals surface area contributed by atoms with Gasteiger partial charge in [-0.15, -0.1) is 0 Å². The first kappa shape index (κ1) is 24.4. The van der Waals surface area contributed by atoms with Crippen molar-refractivity contribution >= 4 is 23.0 Å². The molecule has 5 heterocycles. The van der Waals surface area contributed by atoms with Crippen LogP contribution in [0.25, 0.3) is 0 Å². The molecule has 6 rings (SSSR count). The second-order valence-corrected chi connectivity index (χ2v) is 10.5. The first-order valence-corrected chi connectivity index (χ1v) is 13.5. The number of hydrogen-bond acceptors (Lipinski definition) is 9. The number of fused-ring (bicyclic) bond motifs is 2. The standard InChI is InChI=1S/C29H34N8O/c1-19-26(17-32-28-27(19)31-10-14-38-28)37-13-8-22-16-33-29(35-25(22)18-37)34-23-3-4-24(21(15-23)5-9-30)20-6-11-36(2)12-7-20/h3-4,15-17,20,31H,5-8,10-14,18H2,1-2H3,(H,33,34,35). The Kier molecular flexibility index (Phi) is 6.73. The molecule has 9 heteroatoms. The second kappa shape index (κ2) is 10.5. The van der Waals surface area contributed by atoms with Gasteiger partial charge in [0.25, 0.3) is 0 Å². The van der Waals surface area contributed by atoms with Gasteiger partial charge in [0.2, 0.25) is 11.8 Å². The Hall–Kier alpha value is -3.90. The lowest BCUT2D eigenvalue weighted by Crippen LogP contribution is -2.32. The van der Waals surface area contributed by atoms with Crippen molar-refractivity contribution in [3.63, 3.8) is 0 Å². The van der Waals surface area contributed by atoms with Gasteiger partial charge >= 0.3 is 0 Å². The summed E-state index contributed by atoms with van der Waals surface area (Å²) in [5.41, 5.74) is 8.77. The fraction of sp³-hybridized carbons (Fsp3) is 0.448. The van der Waals surface area contributed by atoms with Crippen LogP contribution in [0, 0.1) is 18.3 Å². The van der Waals surface area contributed by atoms with Gasteiger partial charge in [0, 0.05) is 30.5 Å². The molecule has 0 bridgehead atoms. The maximum Gasteiger partial charge on any atom is 0.237 e. The van der Waals surface area contributed by atoms with Crippen LogP contribution in [-0.4, -0.2) is 59.7 Å². The molecule has 0 atom stereocenters. The van der Waals surface area contributed by atoms with E-state index < -0.39 is 0 Å². The third-order valence-corrected chi connectivity index (χ3v) is 8.03. The van der Waals surface area contributed by atoms with Gasteiger partial charge in [-0.25, -0.2) is 15.0 Å². The van der Waals surface area contributed by atoms with Crippen LogP contribution in [0.5, 0.6) is 5.88 Å². The van der Waals surface area contributed by atoms with Crippen molar-refractivity contribution in [2.45, 2.75) is 45.1 Å². The van der Waals surface area contributed by atoms with Crippen molar-refractivity contribution in [3.8, 4) is 11.9 Å². The highest BCUT2D eigenvalue weighted by Crippen LogP contribution is 2.36. The lowest BCUT2D eigenvalue weighted by atomic mass is 9.85. The molecule has 2 N–H and O–H groups in total. The zero-order chi connectivity index (χ0) is 26.1. The highest BCUT2D eigenvalue weighted by molar-refractivity contribution is 5.70. The maximum atomic E-state index is 9.48. The lowest BCUT2D eigenvalue weighted by Gasteiger charge is -2.32. The molecule has 0 radical (unpaired) electrons. The first-order valence-electron chi connectivity index (χ1n) is 13.5. The number of nitriles is 1. The monoisotopic (exact) mass is 510 g/mol. The summed E-state index contributed by atoms with van der Waals surface area (Å²) in [6, 6.07) is 8.74.